The summed E-state index contributed by atoms with van der Waals surface area (Å²) in [5.41, 5.74) is 5.49. The molecule has 32 heavy (non-hydrogen) atoms. The zero-order valence-electron chi connectivity index (χ0n) is 17.5. The van der Waals surface area contributed by atoms with Gasteiger partial charge in [0.25, 0.3) is 10.9 Å². The van der Waals surface area contributed by atoms with Gasteiger partial charge in [0.15, 0.2) is 0 Å². The molecule has 0 amide bonds. The van der Waals surface area contributed by atoms with Crippen molar-refractivity contribution >= 4 is 22.1 Å². The van der Waals surface area contributed by atoms with E-state index in [-0.39, 0.29) is 10.7 Å². The number of hydrogen-bond donors (Lipinski definition) is 2. The molecular weight excluding hydrogens is 408 g/mol. The van der Waals surface area contributed by atoms with Crippen LogP contribution in [-0.4, -0.2) is 14.2 Å². The van der Waals surface area contributed by atoms with Crippen molar-refractivity contribution < 1.29 is 9.47 Å². The molecule has 4 aromatic rings. The normalized spacial score (nSPS) is 12.1. The minimum Gasteiger partial charge on any atom is -0.497 e. The summed E-state index contributed by atoms with van der Waals surface area (Å²) in [6, 6.07) is 21.1. The fourth-order valence-corrected chi connectivity index (χ4v) is 3.15. The summed E-state index contributed by atoms with van der Waals surface area (Å²) in [6.45, 7) is 0. The molecule has 0 atom stereocenters. The number of nitrogens with one attached hydrogen (secondary N) is 2. The number of fused-ring (bicyclic) bond motifs is 1. The minimum atomic E-state index is -0.736. The summed E-state index contributed by atoms with van der Waals surface area (Å²) in [4.78, 5) is 25.7. The van der Waals surface area contributed by atoms with E-state index in [4.69, 9.17) is 9.47 Å². The molecule has 0 saturated carbocycles. The monoisotopic (exact) mass is 428 g/mol. The van der Waals surface area contributed by atoms with Gasteiger partial charge < -0.3 is 9.47 Å². The summed E-state index contributed by atoms with van der Waals surface area (Å²) in [6.07, 6.45) is 0. The molecule has 0 saturated heterocycles. The van der Waals surface area contributed by atoms with E-state index < -0.39 is 10.9 Å². The van der Waals surface area contributed by atoms with Crippen LogP contribution in [0.25, 0.3) is 10.8 Å². The molecule has 0 radical (unpaired) electrons. The first-order chi connectivity index (χ1) is 15.6. The number of rotatable bonds is 6. The molecule has 0 unspecified atom stereocenters. The Labute approximate surface area is 182 Å². The van der Waals surface area contributed by atoms with Crippen LogP contribution in [0.3, 0.4) is 0 Å². The van der Waals surface area contributed by atoms with Gasteiger partial charge in [-0.15, -0.1) is 0 Å². The molecule has 8 nitrogen and oxygen atoms in total. The van der Waals surface area contributed by atoms with E-state index in [0.29, 0.717) is 33.6 Å². The van der Waals surface area contributed by atoms with Crippen LogP contribution in [0, 0.1) is 0 Å². The highest BCUT2D eigenvalue weighted by atomic mass is 16.5. The van der Waals surface area contributed by atoms with Gasteiger partial charge in [0.05, 0.1) is 25.6 Å². The van der Waals surface area contributed by atoms with E-state index >= 15 is 0 Å². The number of benzene rings is 4. The Morgan fingerprint density at radius 1 is 0.594 bits per heavy atom. The van der Waals surface area contributed by atoms with Gasteiger partial charge in [0, 0.05) is 10.8 Å². The number of hydrogen-bond acceptors (Lipinski definition) is 8. The largest absolute Gasteiger partial charge is 0.497 e. The van der Waals surface area contributed by atoms with E-state index in [2.05, 4.69) is 21.1 Å². The summed E-state index contributed by atoms with van der Waals surface area (Å²) in [7, 11) is 3.16. The first-order valence-electron chi connectivity index (χ1n) is 9.75. The van der Waals surface area contributed by atoms with Gasteiger partial charge in [-0.05, 0) is 48.5 Å². The van der Waals surface area contributed by atoms with Crippen molar-refractivity contribution in [1.82, 2.24) is 0 Å². The molecular formula is C24H20N4O4. The van der Waals surface area contributed by atoms with Crippen LogP contribution in [0.1, 0.15) is 0 Å². The second-order valence-corrected chi connectivity index (χ2v) is 6.81. The summed E-state index contributed by atoms with van der Waals surface area (Å²) in [5.74, 6) is 1.39. The second-order valence-electron chi connectivity index (χ2n) is 6.81. The lowest BCUT2D eigenvalue weighted by atomic mass is 10.1. The number of ether oxygens (including phenoxy) is 2. The molecule has 160 valence electrons. The maximum Gasteiger partial charge on any atom is 0.256 e. The van der Waals surface area contributed by atoms with Crippen LogP contribution < -0.4 is 41.9 Å². The molecule has 4 rings (SSSR count). The Morgan fingerprint density at radius 3 is 1.31 bits per heavy atom. The highest BCUT2D eigenvalue weighted by Crippen LogP contribution is 2.15. The summed E-state index contributed by atoms with van der Waals surface area (Å²) >= 11 is 0. The third kappa shape index (κ3) is 4.20. The zero-order chi connectivity index (χ0) is 22.5. The number of anilines is 2. The van der Waals surface area contributed by atoms with Gasteiger partial charge in [0.2, 0.25) is 0 Å². The van der Waals surface area contributed by atoms with Crippen LogP contribution in [-0.2, 0) is 0 Å². The number of nitrogens with zero attached hydrogens (tertiary/aromatic N) is 2. The smallest absolute Gasteiger partial charge is 0.256 e. The van der Waals surface area contributed by atoms with E-state index in [0.717, 1.165) is 0 Å². The Kier molecular flexibility index (Phi) is 5.94. The van der Waals surface area contributed by atoms with Crippen molar-refractivity contribution in [3.63, 3.8) is 0 Å². The van der Waals surface area contributed by atoms with Crippen molar-refractivity contribution in [1.29, 1.82) is 0 Å². The molecule has 0 aliphatic heterocycles. The third-order valence-electron chi connectivity index (χ3n) is 4.85. The molecule has 2 N–H and O–H groups in total. The predicted molar refractivity (Wildman–Crippen MR) is 123 cm³/mol. The number of methoxy groups -OCH3 is 2. The van der Waals surface area contributed by atoms with Crippen LogP contribution in [0.2, 0.25) is 0 Å². The van der Waals surface area contributed by atoms with E-state index in [1.165, 1.54) is 0 Å². The fourth-order valence-electron chi connectivity index (χ4n) is 3.15. The lowest BCUT2D eigenvalue weighted by molar-refractivity contribution is 0.415. The van der Waals surface area contributed by atoms with Crippen molar-refractivity contribution in [2.24, 2.45) is 10.2 Å². The standard InChI is InChI=1S/C24H20N4O4/c1-31-17-11-7-15(8-12-17)25-27-21-19-5-3-4-6-20(19)22(24(30)23(21)29)28-26-16-9-13-18(32-2)14-10-16/h3-14,25-26H,1-2H3/b27-21-,28-22+. The van der Waals surface area contributed by atoms with Crippen LogP contribution >= 0.6 is 0 Å². The van der Waals surface area contributed by atoms with Gasteiger partial charge in [-0.25, -0.2) is 0 Å². The maximum atomic E-state index is 12.8. The van der Waals surface area contributed by atoms with Crippen molar-refractivity contribution in [2.45, 2.75) is 0 Å². The summed E-state index contributed by atoms with van der Waals surface area (Å²) < 4.78 is 10.3. The lowest BCUT2D eigenvalue weighted by Gasteiger charge is -2.04. The van der Waals surface area contributed by atoms with Crippen molar-refractivity contribution in [3.8, 4) is 11.5 Å². The second kappa shape index (κ2) is 9.13. The van der Waals surface area contributed by atoms with Gasteiger partial charge in [-0.2, -0.15) is 10.2 Å². The Hall–Kier alpha value is -4.46. The molecule has 0 spiro atoms. The first kappa shape index (κ1) is 20.8. The minimum absolute atomic E-state index is 0.0322. The van der Waals surface area contributed by atoms with Crippen LogP contribution in [0.4, 0.5) is 11.4 Å². The molecule has 8 heteroatoms. The molecule has 0 fully saturated rings. The van der Waals surface area contributed by atoms with Gasteiger partial charge in [0.1, 0.15) is 22.2 Å². The molecule has 0 heterocycles. The molecule has 0 aliphatic carbocycles. The molecule has 0 aromatic heterocycles. The highest BCUT2D eigenvalue weighted by molar-refractivity contribution is 5.81. The molecule has 0 aliphatic rings. The van der Waals surface area contributed by atoms with Gasteiger partial charge in [-0.1, -0.05) is 24.3 Å². The topological polar surface area (TPSA) is 101 Å². The predicted octanol–water partition coefficient (Wildman–Crippen LogP) is 2.31. The van der Waals surface area contributed by atoms with Gasteiger partial charge in [-0.3, -0.25) is 20.4 Å². The fraction of sp³-hybridized carbons (Fsp3) is 0.0833. The Morgan fingerprint density at radius 2 is 0.969 bits per heavy atom. The van der Waals surface area contributed by atoms with Crippen LogP contribution in [0.15, 0.2) is 92.6 Å². The highest BCUT2D eigenvalue weighted by Gasteiger charge is 2.10. The summed E-state index contributed by atoms with van der Waals surface area (Å²) in [5, 5.41) is 9.55. The SMILES string of the molecule is COc1ccc(N/N=c2\c(=O)c(=O)/c(=N/Nc3ccc(OC)cc3)c3ccccc23)cc1. The van der Waals surface area contributed by atoms with Crippen molar-refractivity contribution in [3.05, 3.63) is 104 Å². The molecule has 0 bridgehead atoms. The quantitative estimate of drug-likeness (QED) is 0.361. The van der Waals surface area contributed by atoms with Crippen molar-refractivity contribution in [2.75, 3.05) is 25.1 Å². The van der Waals surface area contributed by atoms with Crippen LogP contribution in [0.5, 0.6) is 11.5 Å². The maximum absolute atomic E-state index is 12.8. The average Bonchev–Trinajstić information content (AvgIpc) is 2.85. The average molecular weight is 428 g/mol. The van der Waals surface area contributed by atoms with E-state index in [1.807, 2.05) is 0 Å². The Bertz CT molecular complexity index is 1360. The zero-order valence-corrected chi connectivity index (χ0v) is 17.5. The first-order valence-corrected chi connectivity index (χ1v) is 9.75. The third-order valence-corrected chi connectivity index (χ3v) is 4.85. The lowest BCUT2D eigenvalue weighted by Crippen LogP contribution is -2.48. The Balaban J connectivity index is 1.78. The molecule has 4 aromatic carbocycles. The van der Waals surface area contributed by atoms with E-state index in [9.17, 15) is 9.59 Å². The van der Waals surface area contributed by atoms with Gasteiger partial charge >= 0.3 is 0 Å². The van der Waals surface area contributed by atoms with E-state index in [1.54, 1.807) is 87.0 Å².